The van der Waals surface area contributed by atoms with Gasteiger partial charge in [-0.2, -0.15) is 0 Å². The molecule has 1 heterocycles. The minimum absolute atomic E-state index is 0.566. The summed E-state index contributed by atoms with van der Waals surface area (Å²) in [4.78, 5) is 2.29. The summed E-state index contributed by atoms with van der Waals surface area (Å²) in [7, 11) is 2.13. The molecule has 2 N–H and O–H groups in total. The van der Waals surface area contributed by atoms with Crippen molar-refractivity contribution in [3.63, 3.8) is 0 Å². The van der Waals surface area contributed by atoms with Crippen molar-refractivity contribution in [2.45, 2.75) is 13.1 Å². The summed E-state index contributed by atoms with van der Waals surface area (Å²) in [6, 6.07) is 6.28. The number of nitrogens with two attached hydrogens (primary N) is 1. The first-order valence-electron chi connectivity index (χ1n) is 4.93. The van der Waals surface area contributed by atoms with Gasteiger partial charge in [0.1, 0.15) is 12.4 Å². The highest BCUT2D eigenvalue weighted by Crippen LogP contribution is 2.25. The van der Waals surface area contributed by atoms with Crippen LogP contribution in [0.1, 0.15) is 11.1 Å². The van der Waals surface area contributed by atoms with E-state index in [4.69, 9.17) is 10.5 Å². The molecule has 0 amide bonds. The highest BCUT2D eigenvalue weighted by atomic mass is 16.5. The van der Waals surface area contributed by atoms with Gasteiger partial charge in [0, 0.05) is 19.6 Å². The van der Waals surface area contributed by atoms with Gasteiger partial charge in [0.25, 0.3) is 0 Å². The fourth-order valence-corrected chi connectivity index (χ4v) is 1.81. The minimum atomic E-state index is 0.566. The molecule has 0 atom stereocenters. The van der Waals surface area contributed by atoms with Crippen LogP contribution in [0.3, 0.4) is 0 Å². The van der Waals surface area contributed by atoms with Crippen LogP contribution in [0.4, 0.5) is 0 Å². The summed E-state index contributed by atoms with van der Waals surface area (Å²) in [6.45, 7) is 3.23. The van der Waals surface area contributed by atoms with E-state index >= 15 is 0 Å². The molecule has 14 heavy (non-hydrogen) atoms. The molecular weight excluding hydrogens is 176 g/mol. The first-order valence-corrected chi connectivity index (χ1v) is 4.93. The zero-order valence-electron chi connectivity index (χ0n) is 8.49. The summed E-state index contributed by atoms with van der Waals surface area (Å²) >= 11 is 0. The molecule has 1 aliphatic rings. The Labute approximate surface area is 84.5 Å². The van der Waals surface area contributed by atoms with Crippen molar-refractivity contribution in [3.8, 4) is 5.75 Å². The molecule has 76 valence electrons. The van der Waals surface area contributed by atoms with Crippen LogP contribution < -0.4 is 10.5 Å². The smallest absolute Gasteiger partial charge is 0.119 e. The normalized spacial score (nSPS) is 15.6. The van der Waals surface area contributed by atoms with Crippen LogP contribution in [0.5, 0.6) is 5.75 Å². The number of benzene rings is 1. The number of nitrogens with zero attached hydrogens (tertiary/aromatic N) is 1. The van der Waals surface area contributed by atoms with E-state index in [0.29, 0.717) is 13.2 Å². The zero-order valence-corrected chi connectivity index (χ0v) is 8.49. The molecule has 0 aromatic heterocycles. The molecule has 0 unspecified atom stereocenters. The Balaban J connectivity index is 2.12. The molecule has 3 nitrogen and oxygen atoms in total. The van der Waals surface area contributed by atoms with E-state index in [2.05, 4.69) is 24.1 Å². The van der Waals surface area contributed by atoms with Crippen molar-refractivity contribution in [2.24, 2.45) is 5.73 Å². The summed E-state index contributed by atoms with van der Waals surface area (Å²) in [6.07, 6.45) is 0. The van der Waals surface area contributed by atoms with Gasteiger partial charge in [-0.3, -0.25) is 4.90 Å². The average Bonchev–Trinajstić information content (AvgIpc) is 2.54. The van der Waals surface area contributed by atoms with Gasteiger partial charge in [-0.15, -0.1) is 0 Å². The fraction of sp³-hybridized carbons (Fsp3) is 0.455. The molecule has 0 fully saturated rings. The van der Waals surface area contributed by atoms with Gasteiger partial charge < -0.3 is 10.5 Å². The summed E-state index contributed by atoms with van der Waals surface area (Å²) in [5, 5.41) is 0. The Bertz CT molecular complexity index is 325. The van der Waals surface area contributed by atoms with E-state index < -0.39 is 0 Å². The molecule has 0 bridgehead atoms. The number of ether oxygens (including phenoxy) is 1. The molecule has 1 aliphatic heterocycles. The molecule has 1 aromatic carbocycles. The number of hydrogen-bond acceptors (Lipinski definition) is 3. The van der Waals surface area contributed by atoms with Gasteiger partial charge in [-0.1, -0.05) is 6.07 Å². The van der Waals surface area contributed by atoms with E-state index in [1.54, 1.807) is 0 Å². The van der Waals surface area contributed by atoms with Crippen molar-refractivity contribution in [1.82, 2.24) is 4.90 Å². The van der Waals surface area contributed by atoms with E-state index in [0.717, 1.165) is 18.8 Å². The molecule has 0 aliphatic carbocycles. The van der Waals surface area contributed by atoms with Gasteiger partial charge in [0.05, 0.1) is 0 Å². The molecule has 1 aromatic rings. The lowest BCUT2D eigenvalue weighted by Gasteiger charge is -2.05. The first kappa shape index (κ1) is 9.49. The standard InChI is InChI=1S/C11H16N2O/c1-13-7-9-2-3-11(14-5-4-12)6-10(9)8-13/h2-3,6H,4-5,7-8,12H2,1H3. The van der Waals surface area contributed by atoms with Crippen LogP contribution >= 0.6 is 0 Å². The van der Waals surface area contributed by atoms with Crippen LogP contribution in [-0.2, 0) is 13.1 Å². The fourth-order valence-electron chi connectivity index (χ4n) is 1.81. The highest BCUT2D eigenvalue weighted by Gasteiger charge is 2.15. The number of rotatable bonds is 3. The Morgan fingerprint density at radius 1 is 1.36 bits per heavy atom. The van der Waals surface area contributed by atoms with Crippen molar-refractivity contribution in [3.05, 3.63) is 29.3 Å². The Kier molecular flexibility index (Phi) is 2.70. The largest absolute Gasteiger partial charge is 0.492 e. The lowest BCUT2D eigenvalue weighted by molar-refractivity contribution is 0.327. The third-order valence-electron chi connectivity index (χ3n) is 2.44. The average molecular weight is 192 g/mol. The van der Waals surface area contributed by atoms with Crippen LogP contribution in [-0.4, -0.2) is 25.1 Å². The lowest BCUT2D eigenvalue weighted by atomic mass is 10.1. The monoisotopic (exact) mass is 192 g/mol. The zero-order chi connectivity index (χ0) is 9.97. The maximum absolute atomic E-state index is 5.47. The summed E-state index contributed by atoms with van der Waals surface area (Å²) < 4.78 is 5.47. The second-order valence-corrected chi connectivity index (χ2v) is 3.74. The molecule has 0 saturated carbocycles. The van der Waals surface area contributed by atoms with E-state index in [1.165, 1.54) is 11.1 Å². The topological polar surface area (TPSA) is 38.5 Å². The predicted molar refractivity (Wildman–Crippen MR) is 56.2 cm³/mol. The first-order chi connectivity index (χ1) is 6.79. The van der Waals surface area contributed by atoms with Gasteiger partial charge in [-0.25, -0.2) is 0 Å². The van der Waals surface area contributed by atoms with Crippen molar-refractivity contribution in [1.29, 1.82) is 0 Å². The maximum Gasteiger partial charge on any atom is 0.119 e. The van der Waals surface area contributed by atoms with Gasteiger partial charge in [0.2, 0.25) is 0 Å². The molecule has 3 heteroatoms. The molecule has 0 spiro atoms. The highest BCUT2D eigenvalue weighted by molar-refractivity contribution is 5.37. The third-order valence-corrected chi connectivity index (χ3v) is 2.44. The number of hydrogen-bond donors (Lipinski definition) is 1. The van der Waals surface area contributed by atoms with Gasteiger partial charge >= 0.3 is 0 Å². The maximum atomic E-state index is 5.47. The van der Waals surface area contributed by atoms with E-state index in [-0.39, 0.29) is 0 Å². The number of fused-ring (bicyclic) bond motifs is 1. The van der Waals surface area contributed by atoms with E-state index in [9.17, 15) is 0 Å². The Hall–Kier alpha value is -1.06. The van der Waals surface area contributed by atoms with Crippen molar-refractivity contribution < 1.29 is 4.74 Å². The minimum Gasteiger partial charge on any atom is -0.492 e. The van der Waals surface area contributed by atoms with Gasteiger partial charge in [-0.05, 0) is 30.3 Å². The quantitative estimate of drug-likeness (QED) is 0.775. The van der Waals surface area contributed by atoms with Crippen molar-refractivity contribution >= 4 is 0 Å². The SMILES string of the molecule is CN1Cc2ccc(OCCN)cc2C1. The third kappa shape index (κ3) is 1.89. The molecule has 2 rings (SSSR count). The summed E-state index contributed by atoms with van der Waals surface area (Å²) in [5.41, 5.74) is 8.16. The van der Waals surface area contributed by atoms with E-state index in [1.807, 2.05) is 6.07 Å². The van der Waals surface area contributed by atoms with Crippen LogP contribution in [0.15, 0.2) is 18.2 Å². The Morgan fingerprint density at radius 3 is 2.93 bits per heavy atom. The second-order valence-electron chi connectivity index (χ2n) is 3.74. The van der Waals surface area contributed by atoms with Crippen molar-refractivity contribution in [2.75, 3.05) is 20.2 Å². The molecule has 0 saturated heterocycles. The molecule has 0 radical (unpaired) electrons. The summed E-state index contributed by atoms with van der Waals surface area (Å²) in [5.74, 6) is 0.935. The second kappa shape index (κ2) is 3.98. The molecular formula is C11H16N2O. The Morgan fingerprint density at radius 2 is 2.14 bits per heavy atom. The van der Waals surface area contributed by atoms with Crippen LogP contribution in [0, 0.1) is 0 Å². The van der Waals surface area contributed by atoms with Crippen LogP contribution in [0.25, 0.3) is 0 Å². The predicted octanol–water partition coefficient (Wildman–Crippen LogP) is 0.970. The lowest BCUT2D eigenvalue weighted by Crippen LogP contribution is -2.10. The van der Waals surface area contributed by atoms with Crippen LogP contribution in [0.2, 0.25) is 0 Å². The van der Waals surface area contributed by atoms with Gasteiger partial charge in [0.15, 0.2) is 0 Å².